The topological polar surface area (TPSA) is 81.8 Å². The molecule has 8 nitrogen and oxygen atoms in total. The molecule has 1 fully saturated rings. The van der Waals surface area contributed by atoms with E-state index in [4.69, 9.17) is 4.74 Å². The summed E-state index contributed by atoms with van der Waals surface area (Å²) in [7, 11) is 5.60. The zero-order valence-corrected chi connectivity index (χ0v) is 20.5. The summed E-state index contributed by atoms with van der Waals surface area (Å²) in [4.78, 5) is 32.3. The van der Waals surface area contributed by atoms with Gasteiger partial charge < -0.3 is 24.0 Å². The molecule has 0 radical (unpaired) electrons. The Balaban J connectivity index is 1.60. The van der Waals surface area contributed by atoms with E-state index in [2.05, 4.69) is 15.9 Å². The lowest BCUT2D eigenvalue weighted by Crippen LogP contribution is -2.49. The van der Waals surface area contributed by atoms with Crippen molar-refractivity contribution in [2.24, 2.45) is 0 Å². The highest BCUT2D eigenvalue weighted by atomic mass is 16.5. The highest BCUT2D eigenvalue weighted by molar-refractivity contribution is 5.96. The summed E-state index contributed by atoms with van der Waals surface area (Å²) in [6.45, 7) is 3.52. The van der Waals surface area contributed by atoms with Crippen molar-refractivity contribution in [3.05, 3.63) is 70.0 Å². The normalized spacial score (nSPS) is 13.8. The van der Waals surface area contributed by atoms with Crippen LogP contribution in [0, 0.1) is 11.3 Å². The van der Waals surface area contributed by atoms with Gasteiger partial charge in [0, 0.05) is 43.7 Å². The smallest absolute Gasteiger partial charge is 0.271 e. The molecule has 0 unspecified atom stereocenters. The van der Waals surface area contributed by atoms with Gasteiger partial charge in [0.05, 0.1) is 18.3 Å². The van der Waals surface area contributed by atoms with Crippen LogP contribution in [-0.4, -0.2) is 74.2 Å². The molecule has 0 aliphatic carbocycles. The molecule has 0 spiro atoms. The number of anilines is 1. The number of aryl methyl sites for hydroxylation is 1. The van der Waals surface area contributed by atoms with Crippen molar-refractivity contribution in [2.75, 3.05) is 58.8 Å². The molecular formula is C27H31N5O3. The van der Waals surface area contributed by atoms with Crippen LogP contribution >= 0.6 is 0 Å². The number of hydrogen-bond donors (Lipinski definition) is 0. The number of pyridine rings is 1. The van der Waals surface area contributed by atoms with Crippen LogP contribution in [-0.2, 0) is 6.54 Å². The van der Waals surface area contributed by atoms with Gasteiger partial charge in [0.1, 0.15) is 17.4 Å². The van der Waals surface area contributed by atoms with E-state index in [0.717, 1.165) is 23.9 Å². The van der Waals surface area contributed by atoms with Gasteiger partial charge in [-0.15, -0.1) is 0 Å². The van der Waals surface area contributed by atoms with Crippen LogP contribution in [0.3, 0.4) is 0 Å². The fraction of sp³-hybridized carbons (Fsp3) is 0.370. The number of para-hydroxylation sites is 1. The van der Waals surface area contributed by atoms with Crippen molar-refractivity contribution in [1.82, 2.24) is 14.4 Å². The Morgan fingerprint density at radius 3 is 2.37 bits per heavy atom. The second-order valence-electron chi connectivity index (χ2n) is 8.97. The molecular weight excluding hydrogens is 442 g/mol. The molecule has 1 aliphatic heterocycles. The number of nitriles is 1. The molecule has 0 atom stereocenters. The van der Waals surface area contributed by atoms with E-state index in [1.807, 2.05) is 43.3 Å². The lowest BCUT2D eigenvalue weighted by molar-refractivity contribution is 0.0747. The summed E-state index contributed by atoms with van der Waals surface area (Å²) in [6.07, 6.45) is 0.813. The minimum atomic E-state index is -0.253. The number of methoxy groups -OCH3 is 1. The van der Waals surface area contributed by atoms with E-state index in [1.54, 1.807) is 35.9 Å². The standard InChI is InChI=1S/C27H31N5O3/c1-29(2)13-6-14-32-24-8-5-4-7-22(24)25(23(19-28)27(32)34)30-15-17-31(18-16-30)26(33)20-9-11-21(35-3)12-10-20/h4-5,7-12H,6,13-18H2,1-3H3. The van der Waals surface area contributed by atoms with Crippen molar-refractivity contribution in [1.29, 1.82) is 5.26 Å². The van der Waals surface area contributed by atoms with Crippen molar-refractivity contribution in [3.63, 3.8) is 0 Å². The average Bonchev–Trinajstić information content (AvgIpc) is 2.89. The largest absolute Gasteiger partial charge is 0.497 e. The number of piperazine rings is 1. The minimum absolute atomic E-state index is 0.0334. The van der Waals surface area contributed by atoms with Crippen LogP contribution in [0.2, 0.25) is 0 Å². The van der Waals surface area contributed by atoms with E-state index >= 15 is 0 Å². The van der Waals surface area contributed by atoms with Crippen LogP contribution < -0.4 is 15.2 Å². The maximum absolute atomic E-state index is 13.4. The molecule has 8 heteroatoms. The first-order chi connectivity index (χ1) is 16.9. The zero-order valence-electron chi connectivity index (χ0n) is 20.5. The Hall–Kier alpha value is -3.83. The fourth-order valence-corrected chi connectivity index (χ4v) is 4.64. The third-order valence-corrected chi connectivity index (χ3v) is 6.46. The number of carbonyl (C=O) groups excluding carboxylic acids is 1. The third-order valence-electron chi connectivity index (χ3n) is 6.46. The van der Waals surface area contributed by atoms with Gasteiger partial charge in [-0.3, -0.25) is 9.59 Å². The van der Waals surface area contributed by atoms with Crippen molar-refractivity contribution < 1.29 is 9.53 Å². The minimum Gasteiger partial charge on any atom is -0.497 e. The summed E-state index contributed by atoms with van der Waals surface area (Å²) in [5, 5.41) is 10.9. The van der Waals surface area contributed by atoms with Crippen LogP contribution in [0.25, 0.3) is 10.9 Å². The molecule has 2 heterocycles. The maximum Gasteiger partial charge on any atom is 0.271 e. The van der Waals surface area contributed by atoms with Gasteiger partial charge >= 0.3 is 0 Å². The van der Waals surface area contributed by atoms with Gasteiger partial charge in [-0.1, -0.05) is 18.2 Å². The number of fused-ring (bicyclic) bond motifs is 1. The third kappa shape index (κ3) is 5.00. The van der Waals surface area contributed by atoms with E-state index in [1.165, 1.54) is 0 Å². The summed E-state index contributed by atoms with van der Waals surface area (Å²) in [6, 6.07) is 17.1. The molecule has 1 saturated heterocycles. The zero-order chi connectivity index (χ0) is 24.9. The van der Waals surface area contributed by atoms with Crippen LogP contribution in [0.4, 0.5) is 5.69 Å². The van der Waals surface area contributed by atoms with Gasteiger partial charge in [-0.2, -0.15) is 5.26 Å². The molecule has 1 aliphatic rings. The van der Waals surface area contributed by atoms with E-state index in [9.17, 15) is 14.9 Å². The number of carbonyl (C=O) groups is 1. The summed E-state index contributed by atoms with van der Waals surface area (Å²) < 4.78 is 6.90. The first-order valence-electron chi connectivity index (χ1n) is 11.8. The Labute approximate surface area is 205 Å². The summed E-state index contributed by atoms with van der Waals surface area (Å²) in [5.74, 6) is 0.674. The molecule has 0 saturated carbocycles. The highest BCUT2D eigenvalue weighted by Crippen LogP contribution is 2.30. The maximum atomic E-state index is 13.4. The monoisotopic (exact) mass is 473 g/mol. The average molecular weight is 474 g/mol. The number of ether oxygens (including phenoxy) is 1. The van der Waals surface area contributed by atoms with Crippen LogP contribution in [0.1, 0.15) is 22.3 Å². The molecule has 0 N–H and O–H groups in total. The number of benzene rings is 2. The summed E-state index contributed by atoms with van der Waals surface area (Å²) in [5.41, 5.74) is 2.04. The lowest BCUT2D eigenvalue weighted by Gasteiger charge is -2.37. The first-order valence-corrected chi connectivity index (χ1v) is 11.8. The lowest BCUT2D eigenvalue weighted by atomic mass is 10.1. The quantitative estimate of drug-likeness (QED) is 0.525. The van der Waals surface area contributed by atoms with E-state index in [-0.39, 0.29) is 17.0 Å². The second kappa shape index (κ2) is 10.6. The van der Waals surface area contributed by atoms with Gasteiger partial charge in [-0.25, -0.2) is 0 Å². The van der Waals surface area contributed by atoms with Gasteiger partial charge in [0.25, 0.3) is 11.5 Å². The number of aromatic nitrogens is 1. The summed E-state index contributed by atoms with van der Waals surface area (Å²) >= 11 is 0. The second-order valence-corrected chi connectivity index (χ2v) is 8.97. The molecule has 0 bridgehead atoms. The SMILES string of the molecule is COc1ccc(C(=O)N2CCN(c3c(C#N)c(=O)n(CCCN(C)C)c4ccccc34)CC2)cc1. The predicted octanol–water partition coefficient (Wildman–Crippen LogP) is 2.80. The molecule has 182 valence electrons. The molecule has 4 rings (SSSR count). The van der Waals surface area contributed by atoms with Crippen LogP contribution in [0.5, 0.6) is 5.75 Å². The number of nitrogens with zero attached hydrogens (tertiary/aromatic N) is 5. The van der Waals surface area contributed by atoms with Gasteiger partial charge in [0.15, 0.2) is 0 Å². The van der Waals surface area contributed by atoms with Gasteiger partial charge in [0.2, 0.25) is 0 Å². The Morgan fingerprint density at radius 2 is 1.74 bits per heavy atom. The molecule has 2 aromatic carbocycles. The van der Waals surface area contributed by atoms with E-state index < -0.39 is 0 Å². The fourth-order valence-electron chi connectivity index (χ4n) is 4.64. The van der Waals surface area contributed by atoms with Crippen LogP contribution in [0.15, 0.2) is 53.3 Å². The number of rotatable bonds is 7. The van der Waals surface area contributed by atoms with Crippen molar-refractivity contribution in [2.45, 2.75) is 13.0 Å². The Bertz CT molecular complexity index is 1300. The molecule has 35 heavy (non-hydrogen) atoms. The van der Waals surface area contributed by atoms with E-state index in [0.29, 0.717) is 49.7 Å². The predicted molar refractivity (Wildman–Crippen MR) is 137 cm³/mol. The van der Waals surface area contributed by atoms with Crippen molar-refractivity contribution in [3.8, 4) is 11.8 Å². The molecule has 1 amide bonds. The Morgan fingerprint density at radius 1 is 1.06 bits per heavy atom. The van der Waals surface area contributed by atoms with Crippen molar-refractivity contribution >= 4 is 22.5 Å². The first kappa shape index (κ1) is 24.3. The molecule has 1 aromatic heterocycles. The Kier molecular flexibility index (Phi) is 7.37. The highest BCUT2D eigenvalue weighted by Gasteiger charge is 2.27. The number of amides is 1. The van der Waals surface area contributed by atoms with Gasteiger partial charge in [-0.05, 0) is 57.4 Å². The molecule has 3 aromatic rings. The number of hydrogen-bond acceptors (Lipinski definition) is 6.